The van der Waals surface area contributed by atoms with Crippen molar-refractivity contribution in [3.63, 3.8) is 0 Å². The van der Waals surface area contributed by atoms with Crippen LogP contribution in [0.15, 0.2) is 18.2 Å². The number of halogens is 6. The lowest BCUT2D eigenvalue weighted by atomic mass is 10.1. The van der Waals surface area contributed by atoms with Crippen LogP contribution in [0.5, 0.6) is 5.75 Å². The molecule has 1 aliphatic heterocycles. The topological polar surface area (TPSA) is 129 Å². The zero-order valence-corrected chi connectivity index (χ0v) is 21.9. The van der Waals surface area contributed by atoms with E-state index in [1.165, 1.54) is 18.2 Å². The molecule has 0 unspecified atom stereocenters. The second-order valence-electron chi connectivity index (χ2n) is 9.01. The second kappa shape index (κ2) is 12.4. The lowest BCUT2D eigenvalue weighted by Crippen LogP contribution is -2.26. The fraction of sp³-hybridized carbons (Fsp3) is 0.522. The maximum absolute atomic E-state index is 13.4. The Kier molecular flexibility index (Phi) is 9.71. The lowest BCUT2D eigenvalue weighted by Gasteiger charge is -2.17. The molecule has 1 aromatic heterocycles. The Hall–Kier alpha value is -3.34. The van der Waals surface area contributed by atoms with E-state index in [1.54, 1.807) is 0 Å². The summed E-state index contributed by atoms with van der Waals surface area (Å²) in [7, 11) is -3.77. The minimum atomic E-state index is -4.86. The number of nitrogens with zero attached hydrogens (tertiary/aromatic N) is 2. The number of hydrogen-bond acceptors (Lipinski definition) is 7. The first-order chi connectivity index (χ1) is 18.5. The maximum atomic E-state index is 13.4. The maximum Gasteiger partial charge on any atom is 0.522 e. The van der Waals surface area contributed by atoms with Crippen LogP contribution < -0.4 is 15.4 Å². The van der Waals surface area contributed by atoms with Crippen LogP contribution >= 0.6 is 0 Å². The fourth-order valence-corrected chi connectivity index (χ4v) is 4.41. The van der Waals surface area contributed by atoms with Crippen LogP contribution in [0.2, 0.25) is 0 Å². The number of alkyl halides is 6. The normalized spacial score (nSPS) is 14.5. The summed E-state index contributed by atoms with van der Waals surface area (Å²) < 4.78 is 109. The molecular formula is C23H26F6N4O6S. The average molecular weight is 601 g/mol. The van der Waals surface area contributed by atoms with E-state index in [9.17, 15) is 44.3 Å². The summed E-state index contributed by atoms with van der Waals surface area (Å²) in [6.45, 7) is -0.886. The van der Waals surface area contributed by atoms with Crippen molar-refractivity contribution in [2.45, 2.75) is 51.2 Å². The SMILES string of the molecule is CS(=O)(=O)CC(=O)Nc1c2c(nn1CCCOC(F)(F)F)CCCOc1cc(CCC(F)(F)F)ccc1NC2=O. The predicted molar refractivity (Wildman–Crippen MR) is 130 cm³/mol. The van der Waals surface area contributed by atoms with Crippen LogP contribution in [0.4, 0.5) is 37.8 Å². The summed E-state index contributed by atoms with van der Waals surface area (Å²) in [5, 5.41) is 9.17. The van der Waals surface area contributed by atoms with E-state index < -0.39 is 53.0 Å². The van der Waals surface area contributed by atoms with Crippen molar-refractivity contribution in [1.29, 1.82) is 0 Å². The molecule has 0 saturated heterocycles. The van der Waals surface area contributed by atoms with Crippen molar-refractivity contribution in [1.82, 2.24) is 9.78 Å². The van der Waals surface area contributed by atoms with E-state index in [1.807, 2.05) is 0 Å². The number of ether oxygens (including phenoxy) is 2. The van der Waals surface area contributed by atoms with Gasteiger partial charge in [0.25, 0.3) is 5.91 Å². The lowest BCUT2D eigenvalue weighted by molar-refractivity contribution is -0.324. The van der Waals surface area contributed by atoms with Crippen molar-refractivity contribution in [3.05, 3.63) is 35.0 Å². The molecule has 1 aliphatic rings. The Morgan fingerprint density at radius 3 is 2.60 bits per heavy atom. The van der Waals surface area contributed by atoms with Gasteiger partial charge in [0, 0.05) is 19.2 Å². The number of sulfone groups is 1. The number of rotatable bonds is 9. The molecule has 3 rings (SSSR count). The van der Waals surface area contributed by atoms with Crippen LogP contribution in [0, 0.1) is 0 Å². The Morgan fingerprint density at radius 2 is 1.95 bits per heavy atom. The van der Waals surface area contributed by atoms with Crippen LogP contribution in [-0.2, 0) is 38.8 Å². The van der Waals surface area contributed by atoms with Gasteiger partial charge in [0.05, 0.1) is 24.6 Å². The predicted octanol–water partition coefficient (Wildman–Crippen LogP) is 3.86. The van der Waals surface area contributed by atoms with Crippen molar-refractivity contribution >= 4 is 33.2 Å². The molecule has 1 aromatic carbocycles. The van der Waals surface area contributed by atoms with Crippen LogP contribution in [0.1, 0.15) is 40.9 Å². The number of anilines is 2. The van der Waals surface area contributed by atoms with Crippen LogP contribution in [0.25, 0.3) is 0 Å². The molecule has 0 fully saturated rings. The molecule has 0 bridgehead atoms. The molecule has 0 saturated carbocycles. The molecule has 10 nitrogen and oxygen atoms in total. The van der Waals surface area contributed by atoms with Gasteiger partial charge in [-0.05, 0) is 43.4 Å². The standard InChI is InChI=1S/C23H26F6N4O6S/c1-40(36,37)13-18(34)31-20-19-16(32-33(20)9-3-11-39-23(27,28)29)4-2-10-38-17-12-14(7-8-22(24,25)26)5-6-15(17)30-21(19)35/h5-6,12H,2-4,7-11,13H2,1H3,(H,30,35)(H,31,34). The number of fused-ring (bicyclic) bond motifs is 2. The van der Waals surface area contributed by atoms with Gasteiger partial charge in [-0.1, -0.05) is 6.07 Å². The molecule has 0 radical (unpaired) electrons. The molecule has 40 heavy (non-hydrogen) atoms. The minimum absolute atomic E-state index is 0.0765. The Bertz CT molecular complexity index is 1340. The van der Waals surface area contributed by atoms with Crippen LogP contribution in [0.3, 0.4) is 0 Å². The molecule has 0 spiro atoms. The van der Waals surface area contributed by atoms with E-state index in [4.69, 9.17) is 4.74 Å². The number of nitrogens with one attached hydrogen (secondary N) is 2. The van der Waals surface area contributed by atoms with Gasteiger partial charge in [-0.15, -0.1) is 13.2 Å². The number of aryl methyl sites for hydroxylation is 3. The largest absolute Gasteiger partial charge is 0.522 e. The first kappa shape index (κ1) is 31.2. The van der Waals surface area contributed by atoms with Gasteiger partial charge in [0.2, 0.25) is 5.91 Å². The van der Waals surface area contributed by atoms with E-state index >= 15 is 0 Å². The molecule has 2 aromatic rings. The van der Waals surface area contributed by atoms with Gasteiger partial charge < -0.3 is 15.4 Å². The van der Waals surface area contributed by atoms with Crippen molar-refractivity contribution in [2.24, 2.45) is 0 Å². The molecule has 17 heteroatoms. The Morgan fingerprint density at radius 1 is 1.23 bits per heavy atom. The molecular weight excluding hydrogens is 574 g/mol. The summed E-state index contributed by atoms with van der Waals surface area (Å²) in [4.78, 5) is 25.8. The number of hydrogen-bond donors (Lipinski definition) is 2. The zero-order valence-electron chi connectivity index (χ0n) is 21.1. The quantitative estimate of drug-likeness (QED) is 0.331. The molecule has 222 valence electrons. The van der Waals surface area contributed by atoms with E-state index in [0.29, 0.717) is 5.56 Å². The smallest absolute Gasteiger partial charge is 0.491 e. The highest BCUT2D eigenvalue weighted by Gasteiger charge is 2.30. The molecule has 0 aliphatic carbocycles. The van der Waals surface area contributed by atoms with Crippen molar-refractivity contribution in [3.8, 4) is 5.75 Å². The fourth-order valence-electron chi connectivity index (χ4n) is 3.86. The highest BCUT2D eigenvalue weighted by atomic mass is 32.2. The summed E-state index contributed by atoms with van der Waals surface area (Å²) in [5.74, 6) is -2.84. The van der Waals surface area contributed by atoms with Crippen molar-refractivity contribution < 1.29 is 53.8 Å². The average Bonchev–Trinajstić information content (AvgIpc) is 3.13. The summed E-state index contributed by atoms with van der Waals surface area (Å²) in [6, 6.07) is 4.13. The van der Waals surface area contributed by atoms with E-state index in [0.717, 1.165) is 10.9 Å². The number of carbonyl (C=O) groups is 2. The van der Waals surface area contributed by atoms with Crippen molar-refractivity contribution in [2.75, 3.05) is 35.9 Å². The Labute approximate surface area is 224 Å². The number of aromatic nitrogens is 2. The van der Waals surface area contributed by atoms with E-state index in [2.05, 4.69) is 20.5 Å². The van der Waals surface area contributed by atoms with Gasteiger partial charge in [-0.25, -0.2) is 13.1 Å². The van der Waals surface area contributed by atoms with Gasteiger partial charge in [-0.2, -0.15) is 18.3 Å². The van der Waals surface area contributed by atoms with Gasteiger partial charge in [0.15, 0.2) is 9.84 Å². The van der Waals surface area contributed by atoms with Gasteiger partial charge in [-0.3, -0.25) is 14.3 Å². The summed E-state index contributed by atoms with van der Waals surface area (Å²) in [5.41, 5.74) is 0.462. The first-order valence-corrected chi connectivity index (χ1v) is 14.0. The summed E-state index contributed by atoms with van der Waals surface area (Å²) in [6.07, 6.45) is -9.58. The Balaban J connectivity index is 1.93. The van der Waals surface area contributed by atoms with Gasteiger partial charge in [0.1, 0.15) is 22.9 Å². The van der Waals surface area contributed by atoms with Crippen LogP contribution in [-0.4, -0.2) is 67.8 Å². The van der Waals surface area contributed by atoms with E-state index in [-0.39, 0.29) is 67.3 Å². The highest BCUT2D eigenvalue weighted by Crippen LogP contribution is 2.32. The first-order valence-electron chi connectivity index (χ1n) is 11.9. The third-order valence-electron chi connectivity index (χ3n) is 5.49. The molecule has 2 N–H and O–H groups in total. The molecule has 2 heterocycles. The summed E-state index contributed by atoms with van der Waals surface area (Å²) >= 11 is 0. The number of benzene rings is 1. The zero-order chi connectivity index (χ0) is 29.7. The third kappa shape index (κ3) is 9.69. The van der Waals surface area contributed by atoms with Gasteiger partial charge >= 0.3 is 12.5 Å². The minimum Gasteiger partial charge on any atom is -0.491 e. The number of carbonyl (C=O) groups excluding carboxylic acids is 2. The number of amides is 2. The second-order valence-corrected chi connectivity index (χ2v) is 11.2. The molecule has 2 amide bonds. The highest BCUT2D eigenvalue weighted by molar-refractivity contribution is 7.91. The third-order valence-corrected chi connectivity index (χ3v) is 6.28. The monoisotopic (exact) mass is 600 g/mol. The molecule has 0 atom stereocenters.